The standard InChI is InChI=1S/C10H17N3/c1-10(2)7-5-3-4-6-8(7)12-9(11)13-10/h3-6H2,1-2H3,(H3,11,12,13). The number of rotatable bonds is 0. The molecular weight excluding hydrogens is 162 g/mol. The molecule has 3 nitrogen and oxygen atoms in total. The zero-order chi connectivity index (χ0) is 9.47. The van der Waals surface area contributed by atoms with Crippen LogP contribution in [0.25, 0.3) is 0 Å². The molecule has 1 heterocycles. The van der Waals surface area contributed by atoms with Crippen molar-refractivity contribution in [2.24, 2.45) is 10.7 Å². The summed E-state index contributed by atoms with van der Waals surface area (Å²) in [5.41, 5.74) is 8.42. The Hall–Kier alpha value is -0.990. The molecule has 1 aliphatic carbocycles. The highest BCUT2D eigenvalue weighted by Gasteiger charge is 2.31. The molecule has 0 saturated heterocycles. The first-order chi connectivity index (χ1) is 6.09. The Labute approximate surface area is 79.1 Å². The first-order valence-electron chi connectivity index (χ1n) is 4.94. The number of guanidine groups is 1. The van der Waals surface area contributed by atoms with Gasteiger partial charge in [0, 0.05) is 5.70 Å². The summed E-state index contributed by atoms with van der Waals surface area (Å²) in [5, 5.41) is 3.18. The van der Waals surface area contributed by atoms with Gasteiger partial charge in [-0.2, -0.15) is 0 Å². The molecule has 13 heavy (non-hydrogen) atoms. The van der Waals surface area contributed by atoms with Crippen LogP contribution in [0.3, 0.4) is 0 Å². The Morgan fingerprint density at radius 2 is 2.00 bits per heavy atom. The van der Waals surface area contributed by atoms with E-state index < -0.39 is 0 Å². The Kier molecular flexibility index (Phi) is 1.82. The van der Waals surface area contributed by atoms with E-state index in [1.165, 1.54) is 30.5 Å². The third kappa shape index (κ3) is 1.43. The minimum absolute atomic E-state index is 0.0783. The van der Waals surface area contributed by atoms with E-state index in [9.17, 15) is 0 Å². The normalized spacial score (nSPS) is 26.2. The van der Waals surface area contributed by atoms with Crippen LogP contribution in [-0.2, 0) is 0 Å². The Balaban J connectivity index is 2.36. The molecule has 0 fully saturated rings. The molecule has 0 bridgehead atoms. The number of hydrogen-bond donors (Lipinski definition) is 2. The van der Waals surface area contributed by atoms with E-state index in [0.717, 1.165) is 6.42 Å². The van der Waals surface area contributed by atoms with E-state index in [1.807, 2.05) is 0 Å². The van der Waals surface area contributed by atoms with Gasteiger partial charge in [0.05, 0.1) is 5.54 Å². The molecule has 1 aliphatic heterocycles. The summed E-state index contributed by atoms with van der Waals surface area (Å²) < 4.78 is 0. The number of nitrogens with zero attached hydrogens (tertiary/aromatic N) is 1. The quantitative estimate of drug-likeness (QED) is 0.592. The van der Waals surface area contributed by atoms with E-state index in [1.54, 1.807) is 0 Å². The van der Waals surface area contributed by atoms with Crippen LogP contribution in [0.4, 0.5) is 0 Å². The molecule has 0 amide bonds. The zero-order valence-electron chi connectivity index (χ0n) is 8.35. The van der Waals surface area contributed by atoms with Crippen molar-refractivity contribution in [1.82, 2.24) is 5.32 Å². The van der Waals surface area contributed by atoms with E-state index in [0.29, 0.717) is 5.96 Å². The lowest BCUT2D eigenvalue weighted by Crippen LogP contribution is -2.42. The van der Waals surface area contributed by atoms with Gasteiger partial charge in [0.15, 0.2) is 5.96 Å². The third-order valence-corrected chi connectivity index (χ3v) is 2.89. The summed E-state index contributed by atoms with van der Waals surface area (Å²) in [7, 11) is 0. The molecular formula is C10H17N3. The van der Waals surface area contributed by atoms with E-state index >= 15 is 0 Å². The summed E-state index contributed by atoms with van der Waals surface area (Å²) in [6.07, 6.45) is 4.87. The fourth-order valence-electron chi connectivity index (χ4n) is 2.27. The molecule has 72 valence electrons. The molecule has 0 spiro atoms. The van der Waals surface area contributed by atoms with Crippen LogP contribution in [-0.4, -0.2) is 11.5 Å². The third-order valence-electron chi connectivity index (χ3n) is 2.89. The fraction of sp³-hybridized carbons (Fsp3) is 0.700. The van der Waals surface area contributed by atoms with Gasteiger partial charge in [-0.15, -0.1) is 0 Å². The second-order valence-corrected chi connectivity index (χ2v) is 4.35. The summed E-state index contributed by atoms with van der Waals surface area (Å²) in [4.78, 5) is 4.42. The predicted molar refractivity (Wildman–Crippen MR) is 54.3 cm³/mol. The van der Waals surface area contributed by atoms with Crippen molar-refractivity contribution in [3.8, 4) is 0 Å². The molecule has 0 aromatic rings. The SMILES string of the molecule is CC1(C)N=C(N)NC2=C1CCCC2. The largest absolute Gasteiger partial charge is 0.370 e. The molecule has 0 aromatic heterocycles. The minimum Gasteiger partial charge on any atom is -0.370 e. The average Bonchev–Trinajstić information content (AvgIpc) is 2.02. The lowest BCUT2D eigenvalue weighted by atomic mass is 9.83. The first-order valence-corrected chi connectivity index (χ1v) is 4.94. The van der Waals surface area contributed by atoms with Crippen molar-refractivity contribution in [3.63, 3.8) is 0 Å². The van der Waals surface area contributed by atoms with E-state index in [4.69, 9.17) is 5.73 Å². The van der Waals surface area contributed by atoms with Crippen LogP contribution in [0.2, 0.25) is 0 Å². The molecule has 0 radical (unpaired) electrons. The van der Waals surface area contributed by atoms with Crippen molar-refractivity contribution in [2.75, 3.05) is 0 Å². The zero-order valence-corrected chi connectivity index (χ0v) is 8.35. The molecule has 0 unspecified atom stereocenters. The fourth-order valence-corrected chi connectivity index (χ4v) is 2.27. The van der Waals surface area contributed by atoms with Gasteiger partial charge in [-0.05, 0) is 45.1 Å². The lowest BCUT2D eigenvalue weighted by Gasteiger charge is -2.34. The summed E-state index contributed by atoms with van der Waals surface area (Å²) in [6, 6.07) is 0. The highest BCUT2D eigenvalue weighted by atomic mass is 15.1. The summed E-state index contributed by atoms with van der Waals surface area (Å²) in [5.74, 6) is 0.575. The molecule has 0 aromatic carbocycles. The smallest absolute Gasteiger partial charge is 0.193 e. The number of nitrogens with one attached hydrogen (secondary N) is 1. The van der Waals surface area contributed by atoms with Crippen LogP contribution in [0.5, 0.6) is 0 Å². The minimum atomic E-state index is -0.0783. The van der Waals surface area contributed by atoms with Gasteiger partial charge < -0.3 is 11.1 Å². The summed E-state index contributed by atoms with van der Waals surface area (Å²) >= 11 is 0. The molecule has 3 N–H and O–H groups in total. The first kappa shape index (κ1) is 8.60. The van der Waals surface area contributed by atoms with Crippen LogP contribution in [0.1, 0.15) is 39.5 Å². The van der Waals surface area contributed by atoms with Crippen molar-refractivity contribution < 1.29 is 0 Å². The Bertz CT molecular complexity index is 287. The van der Waals surface area contributed by atoms with Crippen molar-refractivity contribution in [2.45, 2.75) is 45.1 Å². The van der Waals surface area contributed by atoms with Gasteiger partial charge in [-0.3, -0.25) is 0 Å². The van der Waals surface area contributed by atoms with Crippen LogP contribution in [0.15, 0.2) is 16.3 Å². The topological polar surface area (TPSA) is 50.4 Å². The van der Waals surface area contributed by atoms with Crippen LogP contribution < -0.4 is 11.1 Å². The van der Waals surface area contributed by atoms with E-state index in [-0.39, 0.29) is 5.54 Å². The second-order valence-electron chi connectivity index (χ2n) is 4.35. The number of aliphatic imine (C=N–C) groups is 1. The van der Waals surface area contributed by atoms with Crippen molar-refractivity contribution in [3.05, 3.63) is 11.3 Å². The number of allylic oxidation sites excluding steroid dienone is 1. The lowest BCUT2D eigenvalue weighted by molar-refractivity contribution is 0.506. The Morgan fingerprint density at radius 3 is 2.77 bits per heavy atom. The summed E-state index contributed by atoms with van der Waals surface area (Å²) in [6.45, 7) is 4.28. The van der Waals surface area contributed by atoms with Crippen molar-refractivity contribution >= 4 is 5.96 Å². The van der Waals surface area contributed by atoms with E-state index in [2.05, 4.69) is 24.2 Å². The van der Waals surface area contributed by atoms with Gasteiger partial charge in [-0.1, -0.05) is 0 Å². The van der Waals surface area contributed by atoms with Gasteiger partial charge in [0.25, 0.3) is 0 Å². The molecule has 0 atom stereocenters. The maximum atomic E-state index is 5.72. The number of nitrogens with two attached hydrogens (primary N) is 1. The average molecular weight is 179 g/mol. The maximum Gasteiger partial charge on any atom is 0.193 e. The highest BCUT2D eigenvalue weighted by molar-refractivity contribution is 5.82. The highest BCUT2D eigenvalue weighted by Crippen LogP contribution is 2.35. The van der Waals surface area contributed by atoms with Gasteiger partial charge in [-0.25, -0.2) is 4.99 Å². The maximum absolute atomic E-state index is 5.72. The monoisotopic (exact) mass is 179 g/mol. The predicted octanol–water partition coefficient (Wildman–Crippen LogP) is 1.51. The van der Waals surface area contributed by atoms with Crippen LogP contribution in [0, 0.1) is 0 Å². The van der Waals surface area contributed by atoms with Gasteiger partial charge in [0.2, 0.25) is 0 Å². The van der Waals surface area contributed by atoms with Crippen LogP contribution >= 0.6 is 0 Å². The molecule has 3 heteroatoms. The van der Waals surface area contributed by atoms with Gasteiger partial charge >= 0.3 is 0 Å². The molecule has 2 rings (SSSR count). The second kappa shape index (κ2) is 2.76. The molecule has 2 aliphatic rings. The molecule has 0 saturated carbocycles. The van der Waals surface area contributed by atoms with Gasteiger partial charge in [0.1, 0.15) is 0 Å². The number of hydrogen-bond acceptors (Lipinski definition) is 3. The Morgan fingerprint density at radius 1 is 1.31 bits per heavy atom. The van der Waals surface area contributed by atoms with Crippen molar-refractivity contribution in [1.29, 1.82) is 0 Å².